The van der Waals surface area contributed by atoms with Gasteiger partial charge in [0.05, 0.1) is 12.5 Å². The Kier molecular flexibility index (Phi) is 6.41. The highest BCUT2D eigenvalue weighted by Crippen LogP contribution is 2.29. The summed E-state index contributed by atoms with van der Waals surface area (Å²) in [6.07, 6.45) is 2.62. The molecule has 0 spiro atoms. The predicted octanol–water partition coefficient (Wildman–Crippen LogP) is 3.39. The maximum atomic E-state index is 12.5. The summed E-state index contributed by atoms with van der Waals surface area (Å²) in [5.41, 5.74) is 0. The number of nitrogens with one attached hydrogen (secondary N) is 1. The average molecular weight is 399 g/mol. The van der Waals surface area contributed by atoms with Crippen molar-refractivity contribution in [1.82, 2.24) is 9.88 Å². The van der Waals surface area contributed by atoms with Gasteiger partial charge in [-0.15, -0.1) is 0 Å². The molecular weight excluding hydrogens is 375 g/mol. The summed E-state index contributed by atoms with van der Waals surface area (Å²) in [5.74, 6) is -0.918. The van der Waals surface area contributed by atoms with Crippen LogP contribution in [0.15, 0.2) is 18.3 Å². The van der Waals surface area contributed by atoms with Crippen LogP contribution in [0.1, 0.15) is 38.5 Å². The fourth-order valence-electron chi connectivity index (χ4n) is 3.70. The predicted molar refractivity (Wildman–Crippen MR) is 95.7 cm³/mol. The zero-order valence-corrected chi connectivity index (χ0v) is 15.5. The Balaban J connectivity index is 1.57. The van der Waals surface area contributed by atoms with Crippen LogP contribution >= 0.6 is 0 Å². The summed E-state index contributed by atoms with van der Waals surface area (Å²) in [5, 5.41) is 2.61. The first kappa shape index (κ1) is 20.4. The number of alkyl halides is 3. The number of anilines is 1. The monoisotopic (exact) mass is 399 g/mol. The zero-order chi connectivity index (χ0) is 20.1. The zero-order valence-electron chi connectivity index (χ0n) is 15.5. The molecule has 0 aromatic carbocycles. The molecule has 28 heavy (non-hydrogen) atoms. The Morgan fingerprint density at radius 3 is 2.75 bits per heavy atom. The number of hydrogen-bond donors (Lipinski definition) is 1. The molecule has 1 saturated carbocycles. The molecule has 1 saturated heterocycles. The number of carbonyl (C=O) groups is 2. The molecule has 154 valence electrons. The molecule has 9 heteroatoms. The minimum Gasteiger partial charge on any atom is -0.489 e. The highest BCUT2D eigenvalue weighted by molar-refractivity contribution is 5.97. The van der Waals surface area contributed by atoms with Crippen LogP contribution in [0, 0.1) is 11.8 Å². The molecule has 0 radical (unpaired) electrons. The minimum absolute atomic E-state index is 0.227. The van der Waals surface area contributed by atoms with Gasteiger partial charge in [-0.25, -0.2) is 4.98 Å². The van der Waals surface area contributed by atoms with Crippen LogP contribution in [0.5, 0.6) is 5.75 Å². The lowest BCUT2D eigenvalue weighted by Crippen LogP contribution is -2.36. The number of pyridine rings is 1. The van der Waals surface area contributed by atoms with Crippen molar-refractivity contribution in [3.05, 3.63) is 18.3 Å². The summed E-state index contributed by atoms with van der Waals surface area (Å²) in [4.78, 5) is 29.0. The molecule has 2 aliphatic rings. The van der Waals surface area contributed by atoms with Gasteiger partial charge in [0, 0.05) is 19.2 Å². The van der Waals surface area contributed by atoms with Gasteiger partial charge >= 0.3 is 6.18 Å². The van der Waals surface area contributed by atoms with Crippen LogP contribution in [0.4, 0.5) is 19.0 Å². The van der Waals surface area contributed by atoms with Crippen molar-refractivity contribution in [1.29, 1.82) is 0 Å². The Labute approximate surface area is 161 Å². The van der Waals surface area contributed by atoms with Crippen molar-refractivity contribution < 1.29 is 27.5 Å². The van der Waals surface area contributed by atoms with Gasteiger partial charge in [-0.05, 0) is 30.9 Å². The van der Waals surface area contributed by atoms with Crippen molar-refractivity contribution in [2.75, 3.05) is 25.0 Å². The van der Waals surface area contributed by atoms with Crippen molar-refractivity contribution in [3.63, 3.8) is 0 Å². The van der Waals surface area contributed by atoms with E-state index < -0.39 is 30.5 Å². The van der Waals surface area contributed by atoms with E-state index >= 15 is 0 Å². The van der Waals surface area contributed by atoms with Crippen LogP contribution < -0.4 is 10.1 Å². The number of rotatable bonds is 6. The number of carbonyl (C=O) groups excluding carboxylic acids is 2. The normalized spacial score (nSPS) is 21.0. The average Bonchev–Trinajstić information content (AvgIpc) is 3.01. The molecule has 1 atom stereocenters. The minimum atomic E-state index is -4.48. The first-order chi connectivity index (χ1) is 13.3. The largest absolute Gasteiger partial charge is 0.489 e. The summed E-state index contributed by atoms with van der Waals surface area (Å²) in [6.45, 7) is -1.06. The number of halogens is 3. The van der Waals surface area contributed by atoms with Gasteiger partial charge in [-0.1, -0.05) is 19.3 Å². The van der Waals surface area contributed by atoms with E-state index in [-0.39, 0.29) is 18.8 Å². The fourth-order valence-corrected chi connectivity index (χ4v) is 3.70. The van der Waals surface area contributed by atoms with E-state index in [1.807, 2.05) is 0 Å². The molecule has 1 aliphatic heterocycles. The number of aromatic nitrogens is 1. The molecule has 1 unspecified atom stereocenters. The second-order valence-corrected chi connectivity index (χ2v) is 7.44. The Morgan fingerprint density at radius 1 is 1.29 bits per heavy atom. The van der Waals surface area contributed by atoms with Gasteiger partial charge in [0.15, 0.2) is 11.6 Å². The third-order valence-electron chi connectivity index (χ3n) is 5.17. The highest BCUT2D eigenvalue weighted by atomic mass is 19.4. The van der Waals surface area contributed by atoms with Gasteiger partial charge < -0.3 is 15.0 Å². The number of hydrogen-bond acceptors (Lipinski definition) is 4. The van der Waals surface area contributed by atoms with E-state index in [0.29, 0.717) is 23.2 Å². The van der Waals surface area contributed by atoms with E-state index in [9.17, 15) is 22.8 Å². The molecule has 2 amide bonds. The Hall–Kier alpha value is -2.32. The summed E-state index contributed by atoms with van der Waals surface area (Å²) < 4.78 is 43.4. The van der Waals surface area contributed by atoms with Crippen molar-refractivity contribution in [3.8, 4) is 5.75 Å². The van der Waals surface area contributed by atoms with Gasteiger partial charge in [0.1, 0.15) is 6.54 Å². The van der Waals surface area contributed by atoms with Gasteiger partial charge in [0.25, 0.3) is 0 Å². The van der Waals surface area contributed by atoms with Crippen LogP contribution in [-0.2, 0) is 9.59 Å². The Morgan fingerprint density at radius 2 is 2.04 bits per heavy atom. The maximum Gasteiger partial charge on any atom is 0.406 e. The Bertz CT molecular complexity index is 705. The standard InChI is InChI=1S/C19H24F3N3O3/c20-19(21,22)12-25-10-14(9-16(25)26)18(27)24-17-15(7-4-8-23-17)28-11-13-5-2-1-3-6-13/h4,7-8,13-14H,1-3,5-6,9-12H2,(H,23,24,27). The fraction of sp³-hybridized carbons (Fsp3) is 0.632. The third kappa shape index (κ3) is 5.59. The van der Waals surface area contributed by atoms with Gasteiger partial charge in [-0.3, -0.25) is 9.59 Å². The lowest BCUT2D eigenvalue weighted by Gasteiger charge is -2.22. The SMILES string of the molecule is O=C(Nc1ncccc1OCC1CCCCC1)C1CC(=O)N(CC(F)(F)F)C1. The molecule has 6 nitrogen and oxygen atoms in total. The van der Waals surface area contributed by atoms with Crippen LogP contribution in [-0.4, -0.2) is 47.6 Å². The number of nitrogens with zero attached hydrogens (tertiary/aromatic N) is 2. The second-order valence-electron chi connectivity index (χ2n) is 7.44. The molecule has 3 rings (SSSR count). The van der Waals surface area contributed by atoms with Crippen molar-refractivity contribution in [2.45, 2.75) is 44.7 Å². The van der Waals surface area contributed by atoms with E-state index in [4.69, 9.17) is 4.74 Å². The van der Waals surface area contributed by atoms with Crippen LogP contribution in [0.3, 0.4) is 0 Å². The summed E-state index contributed by atoms with van der Waals surface area (Å²) >= 11 is 0. The molecule has 0 bridgehead atoms. The van der Waals surface area contributed by atoms with E-state index in [2.05, 4.69) is 10.3 Å². The topological polar surface area (TPSA) is 71.5 Å². The summed E-state index contributed by atoms with van der Waals surface area (Å²) in [7, 11) is 0. The smallest absolute Gasteiger partial charge is 0.406 e. The molecule has 1 aliphatic carbocycles. The van der Waals surface area contributed by atoms with Crippen LogP contribution in [0.2, 0.25) is 0 Å². The molecular formula is C19H24F3N3O3. The quantitative estimate of drug-likeness (QED) is 0.796. The number of amides is 2. The molecule has 1 N–H and O–H groups in total. The second kappa shape index (κ2) is 8.79. The summed E-state index contributed by atoms with van der Waals surface area (Å²) in [6, 6.07) is 3.39. The number of likely N-dealkylation sites (tertiary alicyclic amines) is 1. The first-order valence-electron chi connectivity index (χ1n) is 9.55. The molecule has 1 aromatic heterocycles. The lowest BCUT2D eigenvalue weighted by atomic mass is 9.90. The van der Waals surface area contributed by atoms with E-state index in [1.165, 1.54) is 25.5 Å². The van der Waals surface area contributed by atoms with Crippen molar-refractivity contribution in [2.24, 2.45) is 11.8 Å². The van der Waals surface area contributed by atoms with E-state index in [1.54, 1.807) is 12.1 Å². The highest BCUT2D eigenvalue weighted by Gasteiger charge is 2.40. The maximum absolute atomic E-state index is 12.5. The molecule has 2 fully saturated rings. The number of ether oxygens (including phenoxy) is 1. The van der Waals surface area contributed by atoms with E-state index in [0.717, 1.165) is 12.8 Å². The van der Waals surface area contributed by atoms with Gasteiger partial charge in [-0.2, -0.15) is 13.2 Å². The van der Waals surface area contributed by atoms with Crippen LogP contribution in [0.25, 0.3) is 0 Å². The van der Waals surface area contributed by atoms with Gasteiger partial charge in [0.2, 0.25) is 11.8 Å². The van der Waals surface area contributed by atoms with Crippen molar-refractivity contribution >= 4 is 17.6 Å². The first-order valence-corrected chi connectivity index (χ1v) is 9.55. The molecule has 2 heterocycles. The third-order valence-corrected chi connectivity index (χ3v) is 5.17. The lowest BCUT2D eigenvalue weighted by molar-refractivity contribution is -0.157. The molecule has 1 aromatic rings.